The number of thiazole rings is 1. The molecule has 1 amide bonds. The highest BCUT2D eigenvalue weighted by Gasteiger charge is 2.17. The number of anilines is 1. The summed E-state index contributed by atoms with van der Waals surface area (Å²) in [6.45, 7) is 4.31. The van der Waals surface area contributed by atoms with Crippen molar-refractivity contribution in [3.63, 3.8) is 0 Å². The third-order valence-electron chi connectivity index (χ3n) is 2.88. The molecule has 0 atom stereocenters. The summed E-state index contributed by atoms with van der Waals surface area (Å²) in [6, 6.07) is 1.71. The highest BCUT2D eigenvalue weighted by atomic mass is 32.1. The van der Waals surface area contributed by atoms with Gasteiger partial charge in [-0.05, 0) is 19.9 Å². The van der Waals surface area contributed by atoms with Gasteiger partial charge in [0.05, 0.1) is 23.3 Å². The lowest BCUT2D eigenvalue weighted by Crippen LogP contribution is -2.27. The molecule has 100 valence electrons. The van der Waals surface area contributed by atoms with Crippen LogP contribution in [0.2, 0.25) is 0 Å². The quantitative estimate of drug-likeness (QED) is 0.930. The fourth-order valence-electron chi connectivity index (χ4n) is 1.73. The molecule has 0 aromatic carbocycles. The molecule has 0 aliphatic carbocycles. The van der Waals surface area contributed by atoms with E-state index in [0.29, 0.717) is 17.8 Å². The van der Waals surface area contributed by atoms with E-state index in [1.165, 1.54) is 6.20 Å². The lowest BCUT2D eigenvalue weighted by Gasteiger charge is -2.17. The second kappa shape index (κ2) is 5.36. The van der Waals surface area contributed by atoms with Gasteiger partial charge in [0.1, 0.15) is 0 Å². The van der Waals surface area contributed by atoms with Crippen molar-refractivity contribution in [1.29, 1.82) is 0 Å². The summed E-state index contributed by atoms with van der Waals surface area (Å²) in [5, 5.41) is 0. The highest BCUT2D eigenvalue weighted by Crippen LogP contribution is 2.18. The minimum Gasteiger partial charge on any atom is -0.398 e. The van der Waals surface area contributed by atoms with E-state index in [-0.39, 0.29) is 5.91 Å². The van der Waals surface area contributed by atoms with Gasteiger partial charge in [-0.2, -0.15) is 0 Å². The Morgan fingerprint density at radius 3 is 2.74 bits per heavy atom. The molecule has 0 bridgehead atoms. The summed E-state index contributed by atoms with van der Waals surface area (Å²) >= 11 is 1.55. The van der Waals surface area contributed by atoms with Crippen LogP contribution >= 0.6 is 11.3 Å². The molecule has 2 aromatic rings. The molecule has 2 aromatic heterocycles. The second-order valence-electron chi connectivity index (χ2n) is 4.44. The number of amides is 1. The van der Waals surface area contributed by atoms with Crippen molar-refractivity contribution in [3.8, 4) is 0 Å². The molecule has 0 aliphatic heterocycles. The van der Waals surface area contributed by atoms with Gasteiger partial charge in [0, 0.05) is 29.5 Å². The van der Waals surface area contributed by atoms with Crippen molar-refractivity contribution in [2.45, 2.75) is 20.4 Å². The van der Waals surface area contributed by atoms with Gasteiger partial charge >= 0.3 is 0 Å². The first-order valence-electron chi connectivity index (χ1n) is 5.85. The number of aromatic nitrogens is 2. The standard InChI is InChI=1S/C13H16N4OS/c1-8-4-11(14)10(5-15-8)13(18)17(3)6-12-9(2)16-7-19-12/h4-5,7H,6H2,1-3H3,(H2,14,15). The maximum Gasteiger partial charge on any atom is 0.257 e. The second-order valence-corrected chi connectivity index (χ2v) is 5.37. The zero-order chi connectivity index (χ0) is 14.0. The van der Waals surface area contributed by atoms with Crippen molar-refractivity contribution in [3.05, 3.63) is 39.6 Å². The van der Waals surface area contributed by atoms with Crippen LogP contribution in [-0.2, 0) is 6.54 Å². The number of nitrogens with zero attached hydrogens (tertiary/aromatic N) is 3. The molecule has 0 saturated heterocycles. The van der Waals surface area contributed by atoms with Crippen LogP contribution in [-0.4, -0.2) is 27.8 Å². The molecule has 0 unspecified atom stereocenters. The number of nitrogens with two attached hydrogens (primary N) is 1. The zero-order valence-electron chi connectivity index (χ0n) is 11.2. The minimum atomic E-state index is -0.127. The Hall–Kier alpha value is -1.95. The fourth-order valence-corrected chi connectivity index (χ4v) is 2.56. The Labute approximate surface area is 116 Å². The Morgan fingerprint density at radius 1 is 1.42 bits per heavy atom. The number of nitrogen functional groups attached to an aromatic ring is 1. The molecule has 6 heteroatoms. The van der Waals surface area contributed by atoms with E-state index in [2.05, 4.69) is 9.97 Å². The Morgan fingerprint density at radius 2 is 2.16 bits per heavy atom. The molecule has 0 saturated carbocycles. The monoisotopic (exact) mass is 276 g/mol. The van der Waals surface area contributed by atoms with Crippen LogP contribution in [0.1, 0.15) is 26.6 Å². The van der Waals surface area contributed by atoms with Crippen molar-refractivity contribution >= 4 is 22.9 Å². The first-order valence-corrected chi connectivity index (χ1v) is 6.73. The van der Waals surface area contributed by atoms with E-state index in [4.69, 9.17) is 5.73 Å². The van der Waals surface area contributed by atoms with Gasteiger partial charge in [0.25, 0.3) is 5.91 Å². The van der Waals surface area contributed by atoms with Crippen LogP contribution in [0.25, 0.3) is 0 Å². The number of rotatable bonds is 3. The SMILES string of the molecule is Cc1cc(N)c(C(=O)N(C)Cc2scnc2C)cn1. The van der Waals surface area contributed by atoms with Crippen LogP contribution in [0, 0.1) is 13.8 Å². The highest BCUT2D eigenvalue weighted by molar-refractivity contribution is 7.09. The third-order valence-corrected chi connectivity index (χ3v) is 3.80. The van der Waals surface area contributed by atoms with Gasteiger partial charge in [0.2, 0.25) is 0 Å². The van der Waals surface area contributed by atoms with E-state index in [0.717, 1.165) is 16.3 Å². The molecule has 0 radical (unpaired) electrons. The maximum atomic E-state index is 12.3. The smallest absolute Gasteiger partial charge is 0.257 e. The maximum absolute atomic E-state index is 12.3. The molecule has 0 spiro atoms. The van der Waals surface area contributed by atoms with E-state index >= 15 is 0 Å². The average molecular weight is 276 g/mol. The van der Waals surface area contributed by atoms with Crippen molar-refractivity contribution in [2.75, 3.05) is 12.8 Å². The summed E-state index contributed by atoms with van der Waals surface area (Å²) in [4.78, 5) is 23.3. The number of carbonyl (C=O) groups is 1. The number of hydrogen-bond donors (Lipinski definition) is 1. The van der Waals surface area contributed by atoms with Gasteiger partial charge in [-0.3, -0.25) is 9.78 Å². The predicted octanol–water partition coefficient (Wildman–Crippen LogP) is 2.01. The largest absolute Gasteiger partial charge is 0.398 e. The molecular formula is C13H16N4OS. The van der Waals surface area contributed by atoms with Crippen LogP contribution in [0.4, 0.5) is 5.69 Å². The average Bonchev–Trinajstić information content (AvgIpc) is 2.74. The molecule has 0 fully saturated rings. The summed E-state index contributed by atoms with van der Waals surface area (Å²) in [5.41, 5.74) is 10.3. The van der Waals surface area contributed by atoms with E-state index < -0.39 is 0 Å². The zero-order valence-corrected chi connectivity index (χ0v) is 12.0. The molecule has 5 nitrogen and oxygen atoms in total. The Bertz CT molecular complexity index is 608. The van der Waals surface area contributed by atoms with Gasteiger partial charge in [0.15, 0.2) is 0 Å². The van der Waals surface area contributed by atoms with E-state index in [1.54, 1.807) is 34.9 Å². The topological polar surface area (TPSA) is 72.1 Å². The van der Waals surface area contributed by atoms with Crippen LogP contribution < -0.4 is 5.73 Å². The molecule has 0 aliphatic rings. The van der Waals surface area contributed by atoms with Crippen molar-refractivity contribution < 1.29 is 4.79 Å². The first-order chi connectivity index (χ1) is 8.99. The van der Waals surface area contributed by atoms with Gasteiger partial charge < -0.3 is 10.6 Å². The van der Waals surface area contributed by atoms with Gasteiger partial charge in [-0.15, -0.1) is 11.3 Å². The van der Waals surface area contributed by atoms with Crippen LogP contribution in [0.5, 0.6) is 0 Å². The van der Waals surface area contributed by atoms with Crippen molar-refractivity contribution in [1.82, 2.24) is 14.9 Å². The first kappa shape index (κ1) is 13.5. The number of carbonyl (C=O) groups excluding carboxylic acids is 1. The molecule has 2 rings (SSSR count). The minimum absolute atomic E-state index is 0.127. The molecule has 2 N–H and O–H groups in total. The summed E-state index contributed by atoms with van der Waals surface area (Å²) < 4.78 is 0. The lowest BCUT2D eigenvalue weighted by molar-refractivity contribution is 0.0787. The van der Waals surface area contributed by atoms with Crippen molar-refractivity contribution in [2.24, 2.45) is 0 Å². The van der Waals surface area contributed by atoms with Gasteiger partial charge in [-0.1, -0.05) is 0 Å². The summed E-state index contributed by atoms with van der Waals surface area (Å²) in [5.74, 6) is -0.127. The fraction of sp³-hybridized carbons (Fsp3) is 0.308. The number of pyridine rings is 1. The normalized spacial score (nSPS) is 10.5. The Balaban J connectivity index is 2.17. The third kappa shape index (κ3) is 2.90. The Kier molecular flexibility index (Phi) is 3.80. The molecule has 19 heavy (non-hydrogen) atoms. The van der Waals surface area contributed by atoms with E-state index in [9.17, 15) is 4.79 Å². The number of hydrogen-bond acceptors (Lipinski definition) is 5. The van der Waals surface area contributed by atoms with E-state index in [1.807, 2.05) is 13.8 Å². The number of aryl methyl sites for hydroxylation is 2. The molecular weight excluding hydrogens is 260 g/mol. The predicted molar refractivity (Wildman–Crippen MR) is 76.0 cm³/mol. The van der Waals surface area contributed by atoms with Crippen LogP contribution in [0.3, 0.4) is 0 Å². The van der Waals surface area contributed by atoms with Gasteiger partial charge in [-0.25, -0.2) is 4.98 Å². The molecule has 2 heterocycles. The lowest BCUT2D eigenvalue weighted by atomic mass is 10.2. The van der Waals surface area contributed by atoms with Crippen LogP contribution in [0.15, 0.2) is 17.8 Å². The summed E-state index contributed by atoms with van der Waals surface area (Å²) in [6.07, 6.45) is 1.53. The summed E-state index contributed by atoms with van der Waals surface area (Å²) in [7, 11) is 1.75.